The van der Waals surface area contributed by atoms with Crippen LogP contribution in [0, 0.1) is 5.82 Å². The van der Waals surface area contributed by atoms with E-state index < -0.39 is 7.14 Å². The zero-order chi connectivity index (χ0) is 16.3. The van der Waals surface area contributed by atoms with Crippen molar-refractivity contribution in [1.82, 2.24) is 0 Å². The molecule has 1 nitrogen and oxygen atoms in total. The summed E-state index contributed by atoms with van der Waals surface area (Å²) in [5.41, 5.74) is 0.648. The molecule has 3 heteroatoms. The third-order valence-corrected chi connectivity index (χ3v) is 7.70. The van der Waals surface area contributed by atoms with Gasteiger partial charge in [0.2, 0.25) is 0 Å². The highest BCUT2D eigenvalue weighted by atomic mass is 31.2. The molecule has 0 N–H and O–H groups in total. The Morgan fingerprint density at radius 2 is 1.17 bits per heavy atom. The van der Waals surface area contributed by atoms with Gasteiger partial charge in [-0.1, -0.05) is 79.7 Å². The summed E-state index contributed by atoms with van der Waals surface area (Å²) in [6.07, 6.45) is 0. The average Bonchev–Trinajstić information content (AvgIpc) is 2.62. The van der Waals surface area contributed by atoms with Gasteiger partial charge in [0.15, 0.2) is 0 Å². The van der Waals surface area contributed by atoms with Crippen LogP contribution in [0.1, 0.15) is 18.1 Å². The molecule has 23 heavy (non-hydrogen) atoms. The lowest BCUT2D eigenvalue weighted by Crippen LogP contribution is -2.20. The molecule has 0 saturated carbocycles. The maximum absolute atomic E-state index is 14.1. The quantitative estimate of drug-likeness (QED) is 0.624. The monoisotopic (exact) mass is 324 g/mol. The van der Waals surface area contributed by atoms with Crippen LogP contribution < -0.4 is 10.6 Å². The van der Waals surface area contributed by atoms with Gasteiger partial charge in [-0.25, -0.2) is 4.39 Å². The molecule has 0 aliphatic heterocycles. The van der Waals surface area contributed by atoms with Crippen LogP contribution in [0.2, 0.25) is 0 Å². The van der Waals surface area contributed by atoms with Crippen molar-refractivity contribution in [2.75, 3.05) is 0 Å². The Bertz CT molecular complexity index is 770. The number of benzene rings is 3. The summed E-state index contributed by atoms with van der Waals surface area (Å²) in [5, 5.41) is 1.64. The second-order valence-corrected chi connectivity index (χ2v) is 8.68. The van der Waals surface area contributed by atoms with Crippen LogP contribution in [0.15, 0.2) is 84.9 Å². The van der Waals surface area contributed by atoms with E-state index in [1.165, 1.54) is 12.1 Å². The van der Waals surface area contributed by atoms with Gasteiger partial charge in [0.25, 0.3) is 0 Å². The van der Waals surface area contributed by atoms with E-state index in [9.17, 15) is 8.96 Å². The molecular weight excluding hydrogens is 306 g/mol. The maximum Gasteiger partial charge on any atom is 0.150 e. The highest BCUT2D eigenvalue weighted by Gasteiger charge is 2.34. The maximum atomic E-state index is 14.1. The summed E-state index contributed by atoms with van der Waals surface area (Å²) in [5.74, 6) is -0.282. The molecule has 0 amide bonds. The Hall–Kier alpha value is -2.18. The molecule has 0 heterocycles. The van der Waals surface area contributed by atoms with Crippen LogP contribution in [0.5, 0.6) is 0 Å². The fraction of sp³-hybridized carbons (Fsp3) is 0.100. The van der Waals surface area contributed by atoms with Gasteiger partial charge in [0.1, 0.15) is 13.0 Å². The van der Waals surface area contributed by atoms with Crippen molar-refractivity contribution in [3.63, 3.8) is 0 Å². The molecular formula is C20H18FOP. The third-order valence-electron chi connectivity index (χ3n) is 4.18. The molecule has 0 radical (unpaired) electrons. The highest BCUT2D eigenvalue weighted by Crippen LogP contribution is 2.56. The van der Waals surface area contributed by atoms with Crippen molar-refractivity contribution in [1.29, 1.82) is 0 Å². The number of hydrogen-bond acceptors (Lipinski definition) is 1. The SMILES string of the molecule is CC(c1ccc(F)cc1)P(=O)(c1ccccc1)c1ccccc1. The zero-order valence-electron chi connectivity index (χ0n) is 12.9. The van der Waals surface area contributed by atoms with Crippen LogP contribution in [0.25, 0.3) is 0 Å². The van der Waals surface area contributed by atoms with Crippen molar-refractivity contribution < 1.29 is 8.96 Å². The van der Waals surface area contributed by atoms with E-state index >= 15 is 0 Å². The van der Waals surface area contributed by atoms with Gasteiger partial charge in [-0.05, 0) is 17.7 Å². The van der Waals surface area contributed by atoms with Crippen molar-refractivity contribution >= 4 is 17.8 Å². The van der Waals surface area contributed by atoms with E-state index in [0.29, 0.717) is 0 Å². The molecule has 3 aromatic carbocycles. The van der Waals surface area contributed by atoms with E-state index in [1.807, 2.05) is 67.6 Å². The van der Waals surface area contributed by atoms with Crippen LogP contribution >= 0.6 is 7.14 Å². The van der Waals surface area contributed by atoms with Gasteiger partial charge in [0, 0.05) is 16.3 Å². The molecule has 1 atom stereocenters. The number of rotatable bonds is 4. The molecule has 3 aromatic rings. The summed E-state index contributed by atoms with van der Waals surface area (Å²) >= 11 is 0. The Morgan fingerprint density at radius 3 is 1.61 bits per heavy atom. The molecule has 1 unspecified atom stereocenters. The number of halogens is 1. The largest absolute Gasteiger partial charge is 0.313 e. The lowest BCUT2D eigenvalue weighted by Gasteiger charge is -2.26. The first-order chi connectivity index (χ1) is 11.1. The topological polar surface area (TPSA) is 17.1 Å². The Labute approximate surface area is 136 Å². The van der Waals surface area contributed by atoms with Gasteiger partial charge in [-0.15, -0.1) is 0 Å². The normalized spacial score (nSPS) is 12.8. The van der Waals surface area contributed by atoms with Gasteiger partial charge in [-0.3, -0.25) is 0 Å². The minimum absolute atomic E-state index is 0.229. The van der Waals surface area contributed by atoms with Crippen molar-refractivity contribution in [3.8, 4) is 0 Å². The summed E-state index contributed by atoms with van der Waals surface area (Å²) in [7, 11) is -2.87. The second kappa shape index (κ2) is 6.52. The Balaban J connectivity index is 2.16. The third kappa shape index (κ3) is 3.00. The second-order valence-electron chi connectivity index (χ2n) is 5.56. The summed E-state index contributed by atoms with van der Waals surface area (Å²) in [6.45, 7) is 1.95. The molecule has 0 bridgehead atoms. The Morgan fingerprint density at radius 1 is 0.739 bits per heavy atom. The summed E-state index contributed by atoms with van der Waals surface area (Å²) < 4.78 is 27.3. The van der Waals surface area contributed by atoms with Crippen LogP contribution in [0.3, 0.4) is 0 Å². The van der Waals surface area contributed by atoms with E-state index in [2.05, 4.69) is 0 Å². The molecule has 3 rings (SSSR count). The molecule has 0 fully saturated rings. The summed E-state index contributed by atoms with van der Waals surface area (Å²) in [6, 6.07) is 25.4. The fourth-order valence-corrected chi connectivity index (χ4v) is 5.86. The lowest BCUT2D eigenvalue weighted by molar-refractivity contribution is 0.580. The standard InChI is InChI=1S/C20H18FOP/c1-16(17-12-14-18(21)15-13-17)23(22,19-8-4-2-5-9-19)20-10-6-3-7-11-20/h2-16H,1H3. The highest BCUT2D eigenvalue weighted by molar-refractivity contribution is 7.79. The number of hydrogen-bond donors (Lipinski definition) is 0. The van der Waals surface area contributed by atoms with E-state index in [4.69, 9.17) is 0 Å². The predicted octanol–water partition coefficient (Wildman–Crippen LogP) is 4.90. The fourth-order valence-electron chi connectivity index (χ4n) is 2.85. The first kappa shape index (κ1) is 15.7. The van der Waals surface area contributed by atoms with Crippen LogP contribution in [-0.4, -0.2) is 0 Å². The summed E-state index contributed by atoms with van der Waals surface area (Å²) in [4.78, 5) is 0. The molecule has 0 saturated heterocycles. The van der Waals surface area contributed by atoms with E-state index in [-0.39, 0.29) is 11.5 Å². The molecule has 0 aliphatic rings. The lowest BCUT2D eigenvalue weighted by atomic mass is 10.2. The minimum atomic E-state index is -2.87. The predicted molar refractivity (Wildman–Crippen MR) is 94.6 cm³/mol. The van der Waals surface area contributed by atoms with E-state index in [0.717, 1.165) is 16.2 Å². The first-order valence-electron chi connectivity index (χ1n) is 7.59. The van der Waals surface area contributed by atoms with Crippen LogP contribution in [0.4, 0.5) is 4.39 Å². The van der Waals surface area contributed by atoms with Gasteiger partial charge in [0.05, 0.1) is 0 Å². The Kier molecular flexibility index (Phi) is 4.45. The van der Waals surface area contributed by atoms with Crippen molar-refractivity contribution in [2.45, 2.75) is 12.6 Å². The molecule has 0 aromatic heterocycles. The smallest absolute Gasteiger partial charge is 0.150 e. The average molecular weight is 324 g/mol. The van der Waals surface area contributed by atoms with Crippen LogP contribution in [-0.2, 0) is 4.57 Å². The molecule has 116 valence electrons. The molecule has 0 aliphatic carbocycles. The zero-order valence-corrected chi connectivity index (χ0v) is 13.8. The van der Waals surface area contributed by atoms with E-state index in [1.54, 1.807) is 12.1 Å². The van der Waals surface area contributed by atoms with Gasteiger partial charge >= 0.3 is 0 Å². The minimum Gasteiger partial charge on any atom is -0.313 e. The van der Waals surface area contributed by atoms with Gasteiger partial charge < -0.3 is 4.57 Å². The first-order valence-corrected chi connectivity index (χ1v) is 9.36. The van der Waals surface area contributed by atoms with Crippen molar-refractivity contribution in [2.24, 2.45) is 0 Å². The van der Waals surface area contributed by atoms with Gasteiger partial charge in [-0.2, -0.15) is 0 Å². The molecule has 0 spiro atoms. The van der Waals surface area contributed by atoms with Crippen molar-refractivity contribution in [3.05, 3.63) is 96.3 Å².